The Labute approximate surface area is 118 Å². The highest BCUT2D eigenvalue weighted by molar-refractivity contribution is 6.30. The molecule has 4 heteroatoms. The summed E-state index contributed by atoms with van der Waals surface area (Å²) >= 11 is 6.00. The molecule has 3 rings (SSSR count). The van der Waals surface area contributed by atoms with Crippen LogP contribution in [0.2, 0.25) is 5.02 Å². The van der Waals surface area contributed by atoms with E-state index in [0.717, 1.165) is 37.3 Å². The van der Waals surface area contributed by atoms with Crippen LogP contribution < -0.4 is 10.6 Å². The fourth-order valence-electron chi connectivity index (χ4n) is 2.65. The highest BCUT2D eigenvalue weighted by Gasteiger charge is 2.24. The van der Waals surface area contributed by atoms with Gasteiger partial charge in [-0.3, -0.25) is 4.79 Å². The van der Waals surface area contributed by atoms with Crippen LogP contribution in [-0.4, -0.2) is 24.5 Å². The molecule has 0 heterocycles. The van der Waals surface area contributed by atoms with Crippen LogP contribution in [0.1, 0.15) is 30.4 Å². The number of benzene rings is 1. The molecule has 0 bridgehead atoms. The quantitative estimate of drug-likeness (QED) is 0.866. The van der Waals surface area contributed by atoms with E-state index in [1.54, 1.807) is 0 Å². The Hall–Kier alpha value is -1.06. The summed E-state index contributed by atoms with van der Waals surface area (Å²) < 4.78 is 0. The minimum absolute atomic E-state index is 0.175. The molecule has 1 atom stereocenters. The Morgan fingerprint density at radius 3 is 2.79 bits per heavy atom. The molecule has 0 saturated heterocycles. The fourth-order valence-corrected chi connectivity index (χ4v) is 2.84. The van der Waals surface area contributed by atoms with Crippen molar-refractivity contribution in [2.75, 3.05) is 6.54 Å². The third-order valence-corrected chi connectivity index (χ3v) is 4.06. The van der Waals surface area contributed by atoms with Gasteiger partial charge in [0.1, 0.15) is 0 Å². The lowest BCUT2D eigenvalue weighted by Gasteiger charge is -2.11. The first-order valence-electron chi connectivity index (χ1n) is 7.01. The predicted octanol–water partition coefficient (Wildman–Crippen LogP) is 2.07. The van der Waals surface area contributed by atoms with E-state index in [1.807, 2.05) is 6.07 Å². The average Bonchev–Trinajstić information content (AvgIpc) is 3.07. The van der Waals surface area contributed by atoms with Gasteiger partial charge < -0.3 is 10.6 Å². The van der Waals surface area contributed by atoms with E-state index >= 15 is 0 Å². The highest BCUT2D eigenvalue weighted by Crippen LogP contribution is 2.25. The summed E-state index contributed by atoms with van der Waals surface area (Å²) in [5.41, 5.74) is 2.72. The summed E-state index contributed by atoms with van der Waals surface area (Å²) in [6.07, 6.45) is 4.93. The van der Waals surface area contributed by atoms with Crippen molar-refractivity contribution in [2.45, 2.75) is 44.2 Å². The normalized spacial score (nSPS) is 21.2. The number of carbonyl (C=O) groups is 1. The molecular formula is C15H19ClN2O. The van der Waals surface area contributed by atoms with Crippen molar-refractivity contribution in [1.29, 1.82) is 0 Å². The maximum atomic E-state index is 11.6. The molecular weight excluding hydrogens is 260 g/mol. The number of hydrogen-bond acceptors (Lipinski definition) is 2. The third kappa shape index (κ3) is 3.48. The first-order chi connectivity index (χ1) is 9.20. The molecule has 0 aliphatic heterocycles. The van der Waals surface area contributed by atoms with E-state index in [2.05, 4.69) is 22.8 Å². The van der Waals surface area contributed by atoms with Crippen molar-refractivity contribution >= 4 is 17.5 Å². The Bertz CT molecular complexity index is 485. The summed E-state index contributed by atoms with van der Waals surface area (Å²) in [4.78, 5) is 11.6. The largest absolute Gasteiger partial charge is 0.353 e. The molecule has 102 valence electrons. The molecule has 1 unspecified atom stereocenters. The number of halogens is 1. The van der Waals surface area contributed by atoms with Crippen molar-refractivity contribution in [3.05, 3.63) is 34.3 Å². The number of nitrogens with one attached hydrogen (secondary N) is 2. The standard InChI is InChI=1S/C15H19ClN2O/c16-12-2-1-10-8-14(9-11(10)7-12)17-6-5-15(19)18-13-3-4-13/h1-2,7,13-14,17H,3-6,8-9H2,(H,18,19). The Balaban J connectivity index is 1.41. The third-order valence-electron chi connectivity index (χ3n) is 3.83. The lowest BCUT2D eigenvalue weighted by Crippen LogP contribution is -2.34. The zero-order valence-corrected chi connectivity index (χ0v) is 11.7. The minimum atomic E-state index is 0.175. The van der Waals surface area contributed by atoms with Gasteiger partial charge in [-0.25, -0.2) is 0 Å². The zero-order valence-electron chi connectivity index (χ0n) is 10.9. The molecule has 3 nitrogen and oxygen atoms in total. The van der Waals surface area contributed by atoms with Crippen LogP contribution in [0.15, 0.2) is 18.2 Å². The minimum Gasteiger partial charge on any atom is -0.353 e. The summed E-state index contributed by atoms with van der Waals surface area (Å²) in [5, 5.41) is 7.28. The fraction of sp³-hybridized carbons (Fsp3) is 0.533. The number of amides is 1. The molecule has 0 aromatic heterocycles. The van der Waals surface area contributed by atoms with Gasteiger partial charge >= 0.3 is 0 Å². The lowest BCUT2D eigenvalue weighted by atomic mass is 10.1. The molecule has 1 aromatic rings. The number of hydrogen-bond donors (Lipinski definition) is 2. The van der Waals surface area contributed by atoms with Gasteiger partial charge in [-0.05, 0) is 48.9 Å². The van der Waals surface area contributed by atoms with Crippen LogP contribution in [0, 0.1) is 0 Å². The molecule has 2 aliphatic carbocycles. The van der Waals surface area contributed by atoms with E-state index in [9.17, 15) is 4.79 Å². The van der Waals surface area contributed by atoms with E-state index in [4.69, 9.17) is 11.6 Å². The van der Waals surface area contributed by atoms with Crippen molar-refractivity contribution < 1.29 is 4.79 Å². The molecule has 1 amide bonds. The molecule has 2 N–H and O–H groups in total. The van der Waals surface area contributed by atoms with Crippen molar-refractivity contribution in [2.24, 2.45) is 0 Å². The van der Waals surface area contributed by atoms with E-state index in [1.165, 1.54) is 11.1 Å². The summed E-state index contributed by atoms with van der Waals surface area (Å²) in [6, 6.07) is 7.02. The average molecular weight is 279 g/mol. The molecule has 2 aliphatic rings. The van der Waals surface area contributed by atoms with Gasteiger partial charge in [0, 0.05) is 30.1 Å². The van der Waals surface area contributed by atoms with Gasteiger partial charge in [-0.1, -0.05) is 17.7 Å². The zero-order chi connectivity index (χ0) is 13.2. The Morgan fingerprint density at radius 1 is 1.21 bits per heavy atom. The van der Waals surface area contributed by atoms with Crippen molar-refractivity contribution in [3.63, 3.8) is 0 Å². The second kappa shape index (κ2) is 5.51. The van der Waals surface area contributed by atoms with Gasteiger partial charge in [0.25, 0.3) is 0 Å². The summed E-state index contributed by atoms with van der Waals surface area (Å²) in [5.74, 6) is 0.175. The highest BCUT2D eigenvalue weighted by atomic mass is 35.5. The summed E-state index contributed by atoms with van der Waals surface area (Å²) in [6.45, 7) is 0.755. The van der Waals surface area contributed by atoms with E-state index in [-0.39, 0.29) is 5.91 Å². The topological polar surface area (TPSA) is 41.1 Å². The van der Waals surface area contributed by atoms with Gasteiger partial charge in [0.15, 0.2) is 0 Å². The van der Waals surface area contributed by atoms with Gasteiger partial charge in [0.05, 0.1) is 0 Å². The first-order valence-corrected chi connectivity index (χ1v) is 7.38. The Kier molecular flexibility index (Phi) is 3.76. The van der Waals surface area contributed by atoms with Crippen molar-refractivity contribution in [3.8, 4) is 0 Å². The maximum absolute atomic E-state index is 11.6. The van der Waals surface area contributed by atoms with Gasteiger partial charge in [0.2, 0.25) is 5.91 Å². The second-order valence-electron chi connectivity index (χ2n) is 5.56. The van der Waals surface area contributed by atoms with Crippen LogP contribution in [0.4, 0.5) is 0 Å². The van der Waals surface area contributed by atoms with Crippen LogP contribution in [0.3, 0.4) is 0 Å². The van der Waals surface area contributed by atoms with Crippen molar-refractivity contribution in [1.82, 2.24) is 10.6 Å². The number of carbonyl (C=O) groups excluding carboxylic acids is 1. The maximum Gasteiger partial charge on any atom is 0.221 e. The molecule has 1 saturated carbocycles. The number of fused-ring (bicyclic) bond motifs is 1. The second-order valence-corrected chi connectivity index (χ2v) is 6.00. The van der Waals surface area contributed by atoms with Gasteiger partial charge in [-0.2, -0.15) is 0 Å². The van der Waals surface area contributed by atoms with Gasteiger partial charge in [-0.15, -0.1) is 0 Å². The smallest absolute Gasteiger partial charge is 0.221 e. The Morgan fingerprint density at radius 2 is 2.00 bits per heavy atom. The molecule has 1 fully saturated rings. The lowest BCUT2D eigenvalue weighted by molar-refractivity contribution is -0.121. The molecule has 0 radical (unpaired) electrons. The monoisotopic (exact) mass is 278 g/mol. The molecule has 19 heavy (non-hydrogen) atoms. The van der Waals surface area contributed by atoms with Crippen LogP contribution in [-0.2, 0) is 17.6 Å². The van der Waals surface area contributed by atoms with E-state index in [0.29, 0.717) is 18.5 Å². The molecule has 0 spiro atoms. The predicted molar refractivity (Wildman–Crippen MR) is 76.4 cm³/mol. The van der Waals surface area contributed by atoms with Crippen LogP contribution in [0.5, 0.6) is 0 Å². The summed E-state index contributed by atoms with van der Waals surface area (Å²) in [7, 11) is 0. The van der Waals surface area contributed by atoms with E-state index < -0.39 is 0 Å². The van der Waals surface area contributed by atoms with Crippen LogP contribution >= 0.6 is 11.6 Å². The number of rotatable bonds is 5. The SMILES string of the molecule is O=C(CCNC1Cc2ccc(Cl)cc2C1)NC1CC1. The first kappa shape index (κ1) is 12.9. The molecule has 1 aromatic carbocycles. The van der Waals surface area contributed by atoms with Crippen LogP contribution in [0.25, 0.3) is 0 Å².